The van der Waals surface area contributed by atoms with Crippen LogP contribution in [0.4, 0.5) is 19.0 Å². The van der Waals surface area contributed by atoms with Crippen LogP contribution in [0.3, 0.4) is 0 Å². The third-order valence-corrected chi connectivity index (χ3v) is 3.65. The van der Waals surface area contributed by atoms with E-state index in [9.17, 15) is 13.2 Å². The van der Waals surface area contributed by atoms with Crippen LogP contribution >= 0.6 is 0 Å². The molecule has 120 valence electrons. The monoisotopic (exact) mass is 321 g/mol. The standard InChI is InChI=1S/C15H14F3N5/c1-7-8(2)22-23-12(7)6-19-14-10-5-9(16)3-4-11(10)20-15(21-14)13(17)18/h3-5,13H,6H2,1-2H3,(H,22,23)(H,19,20,21). The van der Waals surface area contributed by atoms with Gasteiger partial charge in [0, 0.05) is 11.1 Å². The summed E-state index contributed by atoms with van der Waals surface area (Å²) in [5.41, 5.74) is 2.89. The van der Waals surface area contributed by atoms with Gasteiger partial charge in [0.05, 0.1) is 17.8 Å². The van der Waals surface area contributed by atoms with Gasteiger partial charge in [-0.2, -0.15) is 5.10 Å². The average molecular weight is 321 g/mol. The van der Waals surface area contributed by atoms with Crippen LogP contribution in [-0.2, 0) is 6.54 Å². The number of anilines is 1. The molecule has 0 radical (unpaired) electrons. The van der Waals surface area contributed by atoms with Crippen LogP contribution < -0.4 is 5.32 Å². The largest absolute Gasteiger partial charge is 0.364 e. The summed E-state index contributed by atoms with van der Waals surface area (Å²) in [7, 11) is 0. The molecule has 5 nitrogen and oxygen atoms in total. The number of fused-ring (bicyclic) bond motifs is 1. The molecule has 2 aromatic heterocycles. The van der Waals surface area contributed by atoms with Crippen LogP contribution in [0, 0.1) is 19.7 Å². The molecule has 3 rings (SSSR count). The van der Waals surface area contributed by atoms with Gasteiger partial charge in [-0.25, -0.2) is 23.1 Å². The van der Waals surface area contributed by atoms with Crippen LogP contribution in [0.5, 0.6) is 0 Å². The van der Waals surface area contributed by atoms with E-state index < -0.39 is 18.1 Å². The third-order valence-electron chi connectivity index (χ3n) is 3.65. The van der Waals surface area contributed by atoms with Gasteiger partial charge in [0.1, 0.15) is 11.6 Å². The van der Waals surface area contributed by atoms with Gasteiger partial charge in [-0.1, -0.05) is 0 Å². The van der Waals surface area contributed by atoms with Gasteiger partial charge in [-0.15, -0.1) is 0 Å². The number of aromatic amines is 1. The summed E-state index contributed by atoms with van der Waals surface area (Å²) in [5, 5.41) is 10.3. The number of hydrogen-bond donors (Lipinski definition) is 2. The molecule has 0 aliphatic carbocycles. The highest BCUT2D eigenvalue weighted by Crippen LogP contribution is 2.25. The first-order valence-electron chi connectivity index (χ1n) is 6.95. The van der Waals surface area contributed by atoms with E-state index in [0.717, 1.165) is 17.0 Å². The molecule has 0 fully saturated rings. The highest BCUT2D eigenvalue weighted by molar-refractivity contribution is 5.89. The lowest BCUT2D eigenvalue weighted by molar-refractivity contribution is 0.141. The van der Waals surface area contributed by atoms with Crippen LogP contribution in [0.15, 0.2) is 18.2 Å². The molecule has 0 aliphatic heterocycles. The first-order valence-corrected chi connectivity index (χ1v) is 6.95. The summed E-state index contributed by atoms with van der Waals surface area (Å²) in [4.78, 5) is 7.58. The Labute approximate surface area is 130 Å². The third kappa shape index (κ3) is 2.96. The van der Waals surface area contributed by atoms with Crippen LogP contribution in [-0.4, -0.2) is 20.2 Å². The molecule has 0 spiro atoms. The second kappa shape index (κ2) is 5.86. The molecule has 0 unspecified atom stereocenters. The minimum atomic E-state index is -2.81. The molecule has 0 bridgehead atoms. The molecular formula is C15H14F3N5. The van der Waals surface area contributed by atoms with Gasteiger partial charge in [-0.3, -0.25) is 5.10 Å². The molecule has 0 saturated carbocycles. The zero-order valence-corrected chi connectivity index (χ0v) is 12.5. The molecule has 0 amide bonds. The molecule has 1 aromatic carbocycles. The van der Waals surface area contributed by atoms with E-state index in [1.54, 1.807) is 0 Å². The van der Waals surface area contributed by atoms with Gasteiger partial charge in [0.2, 0.25) is 0 Å². The van der Waals surface area contributed by atoms with E-state index in [2.05, 4.69) is 25.5 Å². The number of halogens is 3. The van der Waals surface area contributed by atoms with E-state index in [4.69, 9.17) is 0 Å². The van der Waals surface area contributed by atoms with Crippen molar-refractivity contribution in [2.45, 2.75) is 26.8 Å². The summed E-state index contributed by atoms with van der Waals surface area (Å²) in [5.74, 6) is -0.924. The quantitative estimate of drug-likeness (QED) is 0.769. The van der Waals surface area contributed by atoms with E-state index in [1.165, 1.54) is 18.2 Å². The van der Waals surface area contributed by atoms with Crippen LogP contribution in [0.25, 0.3) is 10.9 Å². The van der Waals surface area contributed by atoms with Crippen LogP contribution in [0.2, 0.25) is 0 Å². The van der Waals surface area contributed by atoms with Crippen molar-refractivity contribution in [3.8, 4) is 0 Å². The fourth-order valence-corrected chi connectivity index (χ4v) is 2.23. The van der Waals surface area contributed by atoms with Crippen molar-refractivity contribution in [3.05, 3.63) is 46.8 Å². The number of aryl methyl sites for hydroxylation is 1. The molecule has 0 aliphatic rings. The second-order valence-electron chi connectivity index (χ2n) is 5.17. The number of nitrogens with zero attached hydrogens (tertiary/aromatic N) is 3. The summed E-state index contributed by atoms with van der Waals surface area (Å²) in [6.45, 7) is 4.07. The van der Waals surface area contributed by atoms with E-state index in [-0.39, 0.29) is 17.9 Å². The molecule has 0 atom stereocenters. The van der Waals surface area contributed by atoms with Gasteiger partial charge in [0.15, 0.2) is 5.82 Å². The lowest BCUT2D eigenvalue weighted by Crippen LogP contribution is -2.07. The molecule has 8 heteroatoms. The Kier molecular flexibility index (Phi) is 3.89. The zero-order valence-electron chi connectivity index (χ0n) is 12.5. The average Bonchev–Trinajstić information content (AvgIpc) is 2.84. The summed E-state index contributed by atoms with van der Waals surface area (Å²) < 4.78 is 39.3. The predicted octanol–water partition coefficient (Wildman–Crippen LogP) is 3.66. The molecule has 23 heavy (non-hydrogen) atoms. The molecule has 3 aromatic rings. The Morgan fingerprint density at radius 1 is 1.22 bits per heavy atom. The molecular weight excluding hydrogens is 307 g/mol. The van der Waals surface area contributed by atoms with Crippen molar-refractivity contribution >= 4 is 16.7 Å². The number of alkyl halides is 2. The van der Waals surface area contributed by atoms with Crippen molar-refractivity contribution in [2.24, 2.45) is 0 Å². The van der Waals surface area contributed by atoms with Crippen molar-refractivity contribution in [2.75, 3.05) is 5.32 Å². The number of benzene rings is 1. The van der Waals surface area contributed by atoms with Crippen molar-refractivity contribution in [3.63, 3.8) is 0 Å². The zero-order chi connectivity index (χ0) is 16.6. The van der Waals surface area contributed by atoms with E-state index >= 15 is 0 Å². The van der Waals surface area contributed by atoms with Crippen molar-refractivity contribution in [1.29, 1.82) is 0 Å². The Balaban J connectivity index is 2.00. The Hall–Kier alpha value is -2.64. The highest BCUT2D eigenvalue weighted by atomic mass is 19.3. The molecule has 2 heterocycles. The molecule has 0 saturated heterocycles. The van der Waals surface area contributed by atoms with E-state index in [1.807, 2.05) is 13.8 Å². The van der Waals surface area contributed by atoms with Gasteiger partial charge >= 0.3 is 0 Å². The smallest absolute Gasteiger partial charge is 0.297 e. The topological polar surface area (TPSA) is 66.5 Å². The lowest BCUT2D eigenvalue weighted by atomic mass is 10.2. The SMILES string of the molecule is Cc1[nH]nc(CNc2nc(C(F)F)nc3ccc(F)cc23)c1C. The normalized spacial score (nSPS) is 11.4. The fourth-order valence-electron chi connectivity index (χ4n) is 2.23. The Morgan fingerprint density at radius 2 is 2.00 bits per heavy atom. The summed E-state index contributed by atoms with van der Waals surface area (Å²) in [6, 6.07) is 3.75. The van der Waals surface area contributed by atoms with Gasteiger partial charge < -0.3 is 5.32 Å². The fraction of sp³-hybridized carbons (Fsp3) is 0.267. The maximum absolute atomic E-state index is 13.5. The minimum Gasteiger partial charge on any atom is -0.364 e. The van der Waals surface area contributed by atoms with Crippen LogP contribution in [0.1, 0.15) is 29.2 Å². The first kappa shape index (κ1) is 15.3. The number of nitrogens with one attached hydrogen (secondary N) is 2. The summed E-state index contributed by atoms with van der Waals surface area (Å²) in [6.07, 6.45) is -2.81. The van der Waals surface area contributed by atoms with Crippen molar-refractivity contribution < 1.29 is 13.2 Å². The van der Waals surface area contributed by atoms with E-state index in [0.29, 0.717) is 5.39 Å². The Bertz CT molecular complexity index is 860. The number of H-pyrrole nitrogens is 1. The number of aromatic nitrogens is 4. The van der Waals surface area contributed by atoms with Gasteiger partial charge in [-0.05, 0) is 37.6 Å². The summed E-state index contributed by atoms with van der Waals surface area (Å²) >= 11 is 0. The first-order chi connectivity index (χ1) is 11.0. The van der Waals surface area contributed by atoms with Gasteiger partial charge in [0.25, 0.3) is 6.43 Å². The molecule has 2 N–H and O–H groups in total. The second-order valence-corrected chi connectivity index (χ2v) is 5.17. The maximum atomic E-state index is 13.5. The lowest BCUT2D eigenvalue weighted by Gasteiger charge is -2.10. The number of rotatable bonds is 4. The van der Waals surface area contributed by atoms with Crippen molar-refractivity contribution in [1.82, 2.24) is 20.2 Å². The number of hydrogen-bond acceptors (Lipinski definition) is 4. The predicted molar refractivity (Wildman–Crippen MR) is 79.8 cm³/mol. The highest BCUT2D eigenvalue weighted by Gasteiger charge is 2.16. The maximum Gasteiger partial charge on any atom is 0.297 e. The minimum absolute atomic E-state index is 0.157. The Morgan fingerprint density at radius 3 is 2.65 bits per heavy atom.